The first-order valence-electron chi connectivity index (χ1n) is 9.92. The fourth-order valence-electron chi connectivity index (χ4n) is 3.15. The number of thioether (sulfide) groups is 1. The predicted molar refractivity (Wildman–Crippen MR) is 128 cm³/mol. The summed E-state index contributed by atoms with van der Waals surface area (Å²) in [4.78, 5) is 12.6. The molecular formula is C22H20Cl2N6OS. The van der Waals surface area contributed by atoms with Crippen molar-refractivity contribution in [3.63, 3.8) is 0 Å². The molecule has 1 N–H and O–H groups in total. The smallest absolute Gasteiger partial charge is 0.235 e. The van der Waals surface area contributed by atoms with Gasteiger partial charge in [0, 0.05) is 28.2 Å². The molecule has 7 nitrogen and oxygen atoms in total. The SMILES string of the molecule is CCn1c(SCC(=O)Nc2ccnn2Cc2ccccc2Cl)nnc1-c1ccc(Cl)cc1. The number of benzene rings is 2. The minimum atomic E-state index is -0.158. The molecule has 0 aliphatic carbocycles. The monoisotopic (exact) mass is 486 g/mol. The maximum absolute atomic E-state index is 12.6. The lowest BCUT2D eigenvalue weighted by Gasteiger charge is -2.10. The highest BCUT2D eigenvalue weighted by Crippen LogP contribution is 2.25. The van der Waals surface area contributed by atoms with E-state index in [1.54, 1.807) is 16.9 Å². The van der Waals surface area contributed by atoms with E-state index in [0.717, 1.165) is 17.0 Å². The highest BCUT2D eigenvalue weighted by atomic mass is 35.5. The average Bonchev–Trinajstić information content (AvgIpc) is 3.41. The number of carbonyl (C=O) groups excluding carboxylic acids is 1. The molecule has 0 aliphatic rings. The summed E-state index contributed by atoms with van der Waals surface area (Å²) >= 11 is 13.6. The zero-order valence-electron chi connectivity index (χ0n) is 17.2. The third-order valence-electron chi connectivity index (χ3n) is 4.73. The quantitative estimate of drug-likeness (QED) is 0.344. The first-order chi connectivity index (χ1) is 15.5. The molecule has 164 valence electrons. The van der Waals surface area contributed by atoms with E-state index in [9.17, 15) is 4.79 Å². The fraction of sp³-hybridized carbons (Fsp3) is 0.182. The van der Waals surface area contributed by atoms with E-state index in [2.05, 4.69) is 20.6 Å². The summed E-state index contributed by atoms with van der Waals surface area (Å²) in [7, 11) is 0. The minimum absolute atomic E-state index is 0.158. The Morgan fingerprint density at radius 1 is 1.06 bits per heavy atom. The van der Waals surface area contributed by atoms with Crippen molar-refractivity contribution in [3.05, 3.63) is 76.4 Å². The van der Waals surface area contributed by atoms with Crippen molar-refractivity contribution in [3.8, 4) is 11.4 Å². The van der Waals surface area contributed by atoms with Crippen LogP contribution in [-0.4, -0.2) is 36.2 Å². The molecular weight excluding hydrogens is 467 g/mol. The maximum atomic E-state index is 12.6. The van der Waals surface area contributed by atoms with Gasteiger partial charge < -0.3 is 9.88 Å². The molecule has 2 aromatic heterocycles. The van der Waals surface area contributed by atoms with E-state index in [4.69, 9.17) is 23.2 Å². The van der Waals surface area contributed by atoms with Crippen LogP contribution in [0.15, 0.2) is 66.0 Å². The summed E-state index contributed by atoms with van der Waals surface area (Å²) in [5, 5.41) is 17.8. The van der Waals surface area contributed by atoms with Gasteiger partial charge in [0.25, 0.3) is 0 Å². The van der Waals surface area contributed by atoms with Gasteiger partial charge in [0.1, 0.15) is 5.82 Å². The Morgan fingerprint density at radius 2 is 1.84 bits per heavy atom. The first-order valence-corrected chi connectivity index (χ1v) is 11.7. The van der Waals surface area contributed by atoms with Crippen molar-refractivity contribution < 1.29 is 4.79 Å². The van der Waals surface area contributed by atoms with Gasteiger partial charge in [-0.1, -0.05) is 53.2 Å². The van der Waals surface area contributed by atoms with Crippen molar-refractivity contribution in [1.82, 2.24) is 24.5 Å². The number of rotatable bonds is 8. The fourth-order valence-corrected chi connectivity index (χ4v) is 4.28. The number of nitrogens with zero attached hydrogens (tertiary/aromatic N) is 5. The summed E-state index contributed by atoms with van der Waals surface area (Å²) in [6, 6.07) is 16.8. The van der Waals surface area contributed by atoms with Crippen LogP contribution in [0.25, 0.3) is 11.4 Å². The van der Waals surface area contributed by atoms with Crippen molar-refractivity contribution in [2.45, 2.75) is 25.2 Å². The van der Waals surface area contributed by atoms with Crippen LogP contribution in [-0.2, 0) is 17.9 Å². The lowest BCUT2D eigenvalue weighted by Crippen LogP contribution is -2.18. The van der Waals surface area contributed by atoms with Crippen LogP contribution in [0.2, 0.25) is 10.0 Å². The Morgan fingerprint density at radius 3 is 2.59 bits per heavy atom. The molecule has 0 saturated carbocycles. The van der Waals surface area contributed by atoms with Gasteiger partial charge >= 0.3 is 0 Å². The van der Waals surface area contributed by atoms with Crippen molar-refractivity contribution in [1.29, 1.82) is 0 Å². The van der Waals surface area contributed by atoms with Crippen LogP contribution >= 0.6 is 35.0 Å². The Bertz CT molecular complexity index is 1220. The normalized spacial score (nSPS) is 11.0. The third kappa shape index (κ3) is 5.15. The lowest BCUT2D eigenvalue weighted by atomic mass is 10.2. The van der Waals surface area contributed by atoms with Crippen molar-refractivity contribution in [2.24, 2.45) is 0 Å². The van der Waals surface area contributed by atoms with E-state index in [1.807, 2.05) is 60.0 Å². The van der Waals surface area contributed by atoms with Gasteiger partial charge in [-0.3, -0.25) is 4.79 Å². The summed E-state index contributed by atoms with van der Waals surface area (Å²) in [5.41, 5.74) is 1.84. The largest absolute Gasteiger partial charge is 0.310 e. The predicted octanol–water partition coefficient (Wildman–Crippen LogP) is 5.25. The maximum Gasteiger partial charge on any atom is 0.235 e. The molecule has 0 atom stereocenters. The number of anilines is 1. The number of aromatic nitrogens is 5. The van der Waals surface area contributed by atoms with Gasteiger partial charge in [-0.15, -0.1) is 10.2 Å². The number of nitrogens with one attached hydrogen (secondary N) is 1. The second-order valence-corrected chi connectivity index (χ2v) is 8.65. The van der Waals surface area contributed by atoms with Crippen LogP contribution in [0.3, 0.4) is 0 Å². The van der Waals surface area contributed by atoms with Gasteiger partial charge in [-0.05, 0) is 42.8 Å². The van der Waals surface area contributed by atoms with Crippen molar-refractivity contribution >= 4 is 46.7 Å². The highest BCUT2D eigenvalue weighted by molar-refractivity contribution is 7.99. The third-order valence-corrected chi connectivity index (χ3v) is 6.32. The molecule has 0 aliphatic heterocycles. The van der Waals surface area contributed by atoms with Crippen LogP contribution < -0.4 is 5.32 Å². The summed E-state index contributed by atoms with van der Waals surface area (Å²) in [5.74, 6) is 1.38. The summed E-state index contributed by atoms with van der Waals surface area (Å²) in [6.45, 7) is 3.16. The van der Waals surface area contributed by atoms with Gasteiger partial charge in [0.05, 0.1) is 18.5 Å². The van der Waals surface area contributed by atoms with Gasteiger partial charge in [0.2, 0.25) is 5.91 Å². The van der Waals surface area contributed by atoms with E-state index in [0.29, 0.717) is 34.1 Å². The molecule has 2 aromatic carbocycles. The van der Waals surface area contributed by atoms with E-state index >= 15 is 0 Å². The molecule has 32 heavy (non-hydrogen) atoms. The lowest BCUT2D eigenvalue weighted by molar-refractivity contribution is -0.113. The average molecular weight is 487 g/mol. The molecule has 2 heterocycles. The van der Waals surface area contributed by atoms with Crippen LogP contribution in [0, 0.1) is 0 Å². The Kier molecular flexibility index (Phi) is 7.14. The second kappa shape index (κ2) is 10.2. The zero-order valence-corrected chi connectivity index (χ0v) is 19.5. The molecule has 0 radical (unpaired) electrons. The number of carbonyl (C=O) groups is 1. The van der Waals surface area contributed by atoms with Crippen molar-refractivity contribution in [2.75, 3.05) is 11.1 Å². The van der Waals surface area contributed by atoms with Gasteiger partial charge in [-0.2, -0.15) is 5.10 Å². The summed E-state index contributed by atoms with van der Waals surface area (Å²) < 4.78 is 3.68. The molecule has 1 amide bonds. The highest BCUT2D eigenvalue weighted by Gasteiger charge is 2.15. The second-order valence-electron chi connectivity index (χ2n) is 6.86. The zero-order chi connectivity index (χ0) is 22.5. The molecule has 4 aromatic rings. The van der Waals surface area contributed by atoms with E-state index < -0.39 is 0 Å². The molecule has 4 rings (SSSR count). The van der Waals surface area contributed by atoms with Gasteiger partial charge in [0.15, 0.2) is 11.0 Å². The number of hydrogen-bond acceptors (Lipinski definition) is 5. The molecule has 10 heteroatoms. The van der Waals surface area contributed by atoms with Crippen LogP contribution in [0.1, 0.15) is 12.5 Å². The Balaban J connectivity index is 1.41. The standard InChI is InChI=1S/C22H20Cl2N6OS/c1-2-29-21(15-7-9-17(23)10-8-15)27-28-22(29)32-14-20(31)26-19-11-12-25-30(19)13-16-5-3-4-6-18(16)24/h3-12H,2,13-14H2,1H3,(H,26,31). The molecule has 0 bridgehead atoms. The van der Waals surface area contributed by atoms with Gasteiger partial charge in [-0.25, -0.2) is 4.68 Å². The number of halogens is 2. The Labute approximate surface area is 199 Å². The number of hydrogen-bond donors (Lipinski definition) is 1. The molecule has 0 spiro atoms. The van der Waals surface area contributed by atoms with E-state index in [-0.39, 0.29) is 11.7 Å². The van der Waals surface area contributed by atoms with Crippen LogP contribution in [0.5, 0.6) is 0 Å². The molecule has 0 unspecified atom stereocenters. The number of amides is 1. The minimum Gasteiger partial charge on any atom is -0.310 e. The van der Waals surface area contributed by atoms with E-state index in [1.165, 1.54) is 11.8 Å². The Hall–Kier alpha value is -2.81. The first kappa shape index (κ1) is 22.4. The topological polar surface area (TPSA) is 77.6 Å². The molecule has 0 saturated heterocycles. The van der Waals surface area contributed by atoms with Crippen LogP contribution in [0.4, 0.5) is 5.82 Å². The molecule has 0 fully saturated rings. The summed E-state index contributed by atoms with van der Waals surface area (Å²) in [6.07, 6.45) is 1.64.